The molecular weight excluding hydrogens is 166 g/mol. The van der Waals surface area contributed by atoms with Crippen LogP contribution in [0.15, 0.2) is 34.6 Å². The predicted molar refractivity (Wildman–Crippen MR) is 48.6 cm³/mol. The molecule has 1 aliphatic rings. The maximum atomic E-state index is 5.06. The Morgan fingerprint density at radius 3 is 2.69 bits per heavy atom. The molecule has 1 aromatic rings. The third-order valence-electron chi connectivity index (χ3n) is 2.07. The number of ether oxygens (including phenoxy) is 1. The summed E-state index contributed by atoms with van der Waals surface area (Å²) in [5.41, 5.74) is 4.11. The van der Waals surface area contributed by atoms with Crippen molar-refractivity contribution in [2.75, 3.05) is 13.7 Å². The first kappa shape index (κ1) is 8.04. The Kier molecular flexibility index (Phi) is 2.12. The number of rotatable bonds is 2. The van der Waals surface area contributed by atoms with Crippen LogP contribution in [0.4, 0.5) is 0 Å². The van der Waals surface area contributed by atoms with E-state index < -0.39 is 0 Å². The average Bonchev–Trinajstić information content (AvgIpc) is 2.71. The molecule has 1 N–H and O–H groups in total. The van der Waals surface area contributed by atoms with Crippen LogP contribution >= 0.6 is 0 Å². The largest absolute Gasteiger partial charge is 0.497 e. The molecule has 1 atom stereocenters. The monoisotopic (exact) mass is 177 g/mol. The van der Waals surface area contributed by atoms with Gasteiger partial charge in [-0.3, -0.25) is 5.43 Å². The first-order chi connectivity index (χ1) is 6.40. The van der Waals surface area contributed by atoms with Gasteiger partial charge in [-0.2, -0.15) is 5.11 Å². The standard InChI is InChI=1S/C9H11N3O/c1-13-8-4-2-7(3-5-8)9-6-10-12-11-9/h2-5,9H,6H2,1H3,(H,10,11). The molecule has 0 saturated heterocycles. The molecular formula is C9H11N3O. The lowest BCUT2D eigenvalue weighted by Gasteiger charge is -2.08. The van der Waals surface area contributed by atoms with Crippen LogP contribution in [0.3, 0.4) is 0 Å². The summed E-state index contributed by atoms with van der Waals surface area (Å²) < 4.78 is 5.06. The Balaban J connectivity index is 2.13. The van der Waals surface area contributed by atoms with Gasteiger partial charge in [-0.05, 0) is 17.7 Å². The van der Waals surface area contributed by atoms with Crippen molar-refractivity contribution in [3.63, 3.8) is 0 Å². The highest BCUT2D eigenvalue weighted by Crippen LogP contribution is 2.19. The summed E-state index contributed by atoms with van der Waals surface area (Å²) in [6.07, 6.45) is 0. The molecule has 68 valence electrons. The van der Waals surface area contributed by atoms with Crippen LogP contribution in [0.1, 0.15) is 11.6 Å². The second-order valence-electron chi connectivity index (χ2n) is 2.88. The van der Waals surface area contributed by atoms with E-state index in [9.17, 15) is 0 Å². The van der Waals surface area contributed by atoms with Crippen molar-refractivity contribution in [2.45, 2.75) is 6.04 Å². The topological polar surface area (TPSA) is 46.0 Å². The van der Waals surface area contributed by atoms with Crippen molar-refractivity contribution in [1.82, 2.24) is 5.43 Å². The van der Waals surface area contributed by atoms with Crippen molar-refractivity contribution >= 4 is 0 Å². The second kappa shape index (κ2) is 3.43. The van der Waals surface area contributed by atoms with Gasteiger partial charge in [-0.1, -0.05) is 17.4 Å². The number of nitrogens with zero attached hydrogens (tertiary/aromatic N) is 2. The Morgan fingerprint density at radius 1 is 1.38 bits per heavy atom. The number of methoxy groups -OCH3 is 1. The SMILES string of the molecule is COc1ccc(C2CN=NN2)cc1. The number of hydrogen-bond acceptors (Lipinski definition) is 4. The molecule has 0 radical (unpaired) electrons. The van der Waals surface area contributed by atoms with Gasteiger partial charge in [0.1, 0.15) is 5.75 Å². The minimum atomic E-state index is 0.228. The van der Waals surface area contributed by atoms with Crippen molar-refractivity contribution in [3.05, 3.63) is 29.8 Å². The van der Waals surface area contributed by atoms with Gasteiger partial charge in [0.2, 0.25) is 0 Å². The van der Waals surface area contributed by atoms with Crippen LogP contribution in [0.2, 0.25) is 0 Å². The summed E-state index contributed by atoms with van der Waals surface area (Å²) in [6.45, 7) is 0.715. The molecule has 13 heavy (non-hydrogen) atoms. The summed E-state index contributed by atoms with van der Waals surface area (Å²) in [5, 5.41) is 7.59. The Morgan fingerprint density at radius 2 is 2.15 bits per heavy atom. The Bertz CT molecular complexity index is 299. The van der Waals surface area contributed by atoms with Crippen LogP contribution in [0.25, 0.3) is 0 Å². The van der Waals surface area contributed by atoms with Gasteiger partial charge >= 0.3 is 0 Å². The Labute approximate surface area is 76.6 Å². The van der Waals surface area contributed by atoms with E-state index in [1.165, 1.54) is 5.56 Å². The lowest BCUT2D eigenvalue weighted by Crippen LogP contribution is -2.12. The lowest BCUT2D eigenvalue weighted by molar-refractivity contribution is 0.414. The van der Waals surface area contributed by atoms with Crippen molar-refractivity contribution in [1.29, 1.82) is 0 Å². The molecule has 1 heterocycles. The number of benzene rings is 1. The van der Waals surface area contributed by atoms with Crippen LogP contribution in [0.5, 0.6) is 5.75 Å². The maximum Gasteiger partial charge on any atom is 0.118 e. The van der Waals surface area contributed by atoms with E-state index >= 15 is 0 Å². The Hall–Kier alpha value is -1.58. The molecule has 0 amide bonds. The third kappa shape index (κ3) is 1.61. The molecule has 0 saturated carbocycles. The van der Waals surface area contributed by atoms with E-state index in [1.807, 2.05) is 24.3 Å². The molecule has 1 aliphatic heterocycles. The van der Waals surface area contributed by atoms with E-state index in [-0.39, 0.29) is 6.04 Å². The van der Waals surface area contributed by atoms with E-state index in [1.54, 1.807) is 7.11 Å². The van der Waals surface area contributed by atoms with Gasteiger partial charge in [0.25, 0.3) is 0 Å². The van der Waals surface area contributed by atoms with Gasteiger partial charge in [0.05, 0.1) is 19.7 Å². The highest BCUT2D eigenvalue weighted by atomic mass is 16.5. The molecule has 0 aliphatic carbocycles. The van der Waals surface area contributed by atoms with E-state index in [2.05, 4.69) is 15.8 Å². The molecule has 4 nitrogen and oxygen atoms in total. The van der Waals surface area contributed by atoms with Gasteiger partial charge in [-0.25, -0.2) is 0 Å². The number of hydrogen-bond donors (Lipinski definition) is 1. The van der Waals surface area contributed by atoms with Crippen molar-refractivity contribution in [2.24, 2.45) is 10.3 Å². The third-order valence-corrected chi connectivity index (χ3v) is 2.07. The minimum Gasteiger partial charge on any atom is -0.497 e. The van der Waals surface area contributed by atoms with Crippen molar-refractivity contribution < 1.29 is 4.74 Å². The summed E-state index contributed by atoms with van der Waals surface area (Å²) in [5.74, 6) is 0.871. The van der Waals surface area contributed by atoms with E-state index in [0.29, 0.717) is 6.54 Å². The first-order valence-corrected chi connectivity index (χ1v) is 4.16. The van der Waals surface area contributed by atoms with Crippen LogP contribution in [-0.2, 0) is 0 Å². The zero-order valence-electron chi connectivity index (χ0n) is 7.40. The molecule has 1 aromatic carbocycles. The summed E-state index contributed by atoms with van der Waals surface area (Å²) in [4.78, 5) is 0. The molecule has 4 heteroatoms. The maximum absolute atomic E-state index is 5.06. The summed E-state index contributed by atoms with van der Waals surface area (Å²) >= 11 is 0. The smallest absolute Gasteiger partial charge is 0.118 e. The zero-order chi connectivity index (χ0) is 9.10. The van der Waals surface area contributed by atoms with Gasteiger partial charge in [-0.15, -0.1) is 0 Å². The van der Waals surface area contributed by atoms with E-state index in [4.69, 9.17) is 4.74 Å². The van der Waals surface area contributed by atoms with E-state index in [0.717, 1.165) is 5.75 Å². The van der Waals surface area contributed by atoms with Gasteiger partial charge in [0, 0.05) is 0 Å². The summed E-state index contributed by atoms with van der Waals surface area (Å²) in [6, 6.07) is 8.15. The fraction of sp³-hybridized carbons (Fsp3) is 0.333. The normalized spacial score (nSPS) is 19.9. The number of nitrogens with one attached hydrogen (secondary N) is 1. The van der Waals surface area contributed by atoms with Crippen LogP contribution in [-0.4, -0.2) is 13.7 Å². The minimum absolute atomic E-state index is 0.228. The fourth-order valence-electron chi connectivity index (χ4n) is 1.29. The average molecular weight is 177 g/mol. The fourth-order valence-corrected chi connectivity index (χ4v) is 1.29. The van der Waals surface area contributed by atoms with Gasteiger partial charge in [0.15, 0.2) is 0 Å². The lowest BCUT2D eigenvalue weighted by atomic mass is 10.1. The second-order valence-corrected chi connectivity index (χ2v) is 2.88. The molecule has 0 aromatic heterocycles. The highest BCUT2D eigenvalue weighted by Gasteiger charge is 2.13. The highest BCUT2D eigenvalue weighted by molar-refractivity contribution is 5.29. The molecule has 1 unspecified atom stereocenters. The quantitative estimate of drug-likeness (QED) is 0.747. The van der Waals surface area contributed by atoms with Crippen LogP contribution in [0, 0.1) is 0 Å². The summed E-state index contributed by atoms with van der Waals surface area (Å²) in [7, 11) is 1.66. The molecule has 2 rings (SSSR count). The first-order valence-electron chi connectivity index (χ1n) is 4.16. The van der Waals surface area contributed by atoms with Crippen LogP contribution < -0.4 is 10.2 Å². The molecule has 0 fully saturated rings. The predicted octanol–water partition coefficient (Wildman–Crippen LogP) is 1.71. The zero-order valence-corrected chi connectivity index (χ0v) is 7.40. The van der Waals surface area contributed by atoms with Gasteiger partial charge < -0.3 is 4.74 Å². The molecule has 0 bridgehead atoms. The molecule has 0 spiro atoms. The van der Waals surface area contributed by atoms with Crippen molar-refractivity contribution in [3.8, 4) is 5.75 Å².